The number of rotatable bonds is 6. The van der Waals surface area contributed by atoms with E-state index < -0.39 is 17.8 Å². The van der Waals surface area contributed by atoms with Crippen LogP contribution >= 0.6 is 0 Å². The van der Waals surface area contributed by atoms with E-state index in [1.807, 2.05) is 35.2 Å². The molecule has 1 N–H and O–H groups in total. The van der Waals surface area contributed by atoms with Crippen molar-refractivity contribution in [2.24, 2.45) is 0 Å². The van der Waals surface area contributed by atoms with Gasteiger partial charge in [0.2, 0.25) is 0 Å². The molecule has 8 heteroatoms. The summed E-state index contributed by atoms with van der Waals surface area (Å²) in [5, 5.41) is 10.2. The lowest BCUT2D eigenvalue weighted by Gasteiger charge is -2.24. The summed E-state index contributed by atoms with van der Waals surface area (Å²) in [6.45, 7) is 3.56. The summed E-state index contributed by atoms with van der Waals surface area (Å²) in [6.07, 6.45) is -3.27. The largest absolute Gasteiger partial charge is 0.491 e. The summed E-state index contributed by atoms with van der Waals surface area (Å²) < 4.78 is 43.6. The minimum absolute atomic E-state index is 0.213. The number of ether oxygens (including phenoxy) is 1. The zero-order chi connectivity index (χ0) is 20.0. The Hall–Kier alpha value is -2.32. The number of aromatic nitrogens is 1. The van der Waals surface area contributed by atoms with Gasteiger partial charge >= 0.3 is 6.18 Å². The van der Waals surface area contributed by atoms with Crippen LogP contribution in [0.4, 0.5) is 19.0 Å². The first kappa shape index (κ1) is 20.4. The molecule has 1 fully saturated rings. The number of nitrogens with zero attached hydrogens (tertiary/aromatic N) is 3. The molecule has 0 radical (unpaired) electrons. The fourth-order valence-corrected chi connectivity index (χ4v) is 3.18. The van der Waals surface area contributed by atoms with Gasteiger partial charge in [-0.2, -0.15) is 13.2 Å². The predicted molar refractivity (Wildman–Crippen MR) is 100 cm³/mol. The first-order valence-electron chi connectivity index (χ1n) is 9.28. The standard InChI is InChI=1S/C20H24F3N3O2/c21-20(22,23)16-7-8-19(24-13-16)26-10-4-9-25(11-12-26)14-17(27)15-28-18-5-2-1-3-6-18/h1-3,5-8,13,17,27H,4,9-12,14-15H2. The number of aliphatic hydroxyl groups is 1. The number of β-amino-alcohol motifs (C(OH)–C–C–N with tert-alkyl or cyclic N) is 1. The van der Waals surface area contributed by atoms with Gasteiger partial charge in [0, 0.05) is 32.4 Å². The molecule has 152 valence electrons. The van der Waals surface area contributed by atoms with Gasteiger partial charge in [0.1, 0.15) is 24.3 Å². The van der Waals surface area contributed by atoms with Gasteiger partial charge in [0.15, 0.2) is 0 Å². The van der Waals surface area contributed by atoms with Crippen LogP contribution in [0.5, 0.6) is 5.75 Å². The van der Waals surface area contributed by atoms with Crippen molar-refractivity contribution in [3.8, 4) is 5.75 Å². The maximum Gasteiger partial charge on any atom is 0.417 e. The van der Waals surface area contributed by atoms with Gasteiger partial charge in [-0.05, 0) is 37.2 Å². The Labute approximate surface area is 162 Å². The second-order valence-electron chi connectivity index (χ2n) is 6.82. The first-order chi connectivity index (χ1) is 13.4. The quantitative estimate of drug-likeness (QED) is 0.815. The Bertz CT molecular complexity index is 726. The predicted octanol–water partition coefficient (Wildman–Crippen LogP) is 3.05. The van der Waals surface area contributed by atoms with Crippen LogP contribution in [0.15, 0.2) is 48.7 Å². The molecule has 5 nitrogen and oxygen atoms in total. The number of anilines is 1. The molecule has 0 saturated carbocycles. The van der Waals surface area contributed by atoms with Crippen LogP contribution in [0.3, 0.4) is 0 Å². The highest BCUT2D eigenvalue weighted by molar-refractivity contribution is 5.40. The van der Waals surface area contributed by atoms with E-state index in [1.165, 1.54) is 6.07 Å². The number of alkyl halides is 3. The molecule has 2 heterocycles. The highest BCUT2D eigenvalue weighted by Gasteiger charge is 2.31. The number of hydrogen-bond donors (Lipinski definition) is 1. The lowest BCUT2D eigenvalue weighted by atomic mass is 10.2. The SMILES string of the molecule is OC(COc1ccccc1)CN1CCCN(c2ccc(C(F)(F)F)cn2)CC1. The average molecular weight is 395 g/mol. The number of benzene rings is 1. The van der Waals surface area contributed by atoms with E-state index in [2.05, 4.69) is 9.88 Å². The third-order valence-electron chi connectivity index (χ3n) is 4.64. The molecular formula is C20H24F3N3O2. The van der Waals surface area contributed by atoms with Gasteiger partial charge in [-0.25, -0.2) is 4.98 Å². The highest BCUT2D eigenvalue weighted by Crippen LogP contribution is 2.29. The third kappa shape index (κ3) is 5.84. The van der Waals surface area contributed by atoms with Crippen LogP contribution < -0.4 is 9.64 Å². The normalized spacial score (nSPS) is 17.2. The smallest absolute Gasteiger partial charge is 0.417 e. The van der Waals surface area contributed by atoms with Gasteiger partial charge in [-0.3, -0.25) is 4.90 Å². The molecule has 0 bridgehead atoms. The van der Waals surface area contributed by atoms with Crippen molar-refractivity contribution in [2.45, 2.75) is 18.7 Å². The van der Waals surface area contributed by atoms with E-state index in [0.717, 1.165) is 31.0 Å². The first-order valence-corrected chi connectivity index (χ1v) is 9.28. The molecule has 1 aromatic carbocycles. The van der Waals surface area contributed by atoms with Gasteiger partial charge in [-0.1, -0.05) is 18.2 Å². The molecule has 1 aromatic heterocycles. The molecule has 3 rings (SSSR count). The maximum absolute atomic E-state index is 12.7. The highest BCUT2D eigenvalue weighted by atomic mass is 19.4. The number of hydrogen-bond acceptors (Lipinski definition) is 5. The molecule has 1 aliphatic heterocycles. The van der Waals surface area contributed by atoms with E-state index in [9.17, 15) is 18.3 Å². The maximum atomic E-state index is 12.7. The Morgan fingerprint density at radius 1 is 1.04 bits per heavy atom. The summed E-state index contributed by atoms with van der Waals surface area (Å²) in [5.74, 6) is 1.26. The van der Waals surface area contributed by atoms with Crippen molar-refractivity contribution in [2.75, 3.05) is 44.2 Å². The molecule has 1 atom stereocenters. The molecule has 2 aromatic rings. The zero-order valence-electron chi connectivity index (χ0n) is 15.5. The molecule has 0 aliphatic carbocycles. The molecule has 28 heavy (non-hydrogen) atoms. The average Bonchev–Trinajstić information content (AvgIpc) is 2.92. The van der Waals surface area contributed by atoms with Crippen molar-refractivity contribution in [1.29, 1.82) is 0 Å². The van der Waals surface area contributed by atoms with Crippen LogP contribution in [-0.2, 0) is 6.18 Å². The molecule has 0 amide bonds. The summed E-state index contributed by atoms with van der Waals surface area (Å²) >= 11 is 0. The Morgan fingerprint density at radius 2 is 1.82 bits per heavy atom. The minimum atomic E-state index is -4.38. The van der Waals surface area contributed by atoms with Crippen LogP contribution in [0.1, 0.15) is 12.0 Å². The second-order valence-corrected chi connectivity index (χ2v) is 6.82. The van der Waals surface area contributed by atoms with E-state index >= 15 is 0 Å². The fourth-order valence-electron chi connectivity index (χ4n) is 3.18. The van der Waals surface area contributed by atoms with E-state index in [1.54, 1.807) is 0 Å². The third-order valence-corrected chi connectivity index (χ3v) is 4.64. The van der Waals surface area contributed by atoms with Gasteiger partial charge in [0.05, 0.1) is 5.56 Å². The van der Waals surface area contributed by atoms with E-state index in [0.29, 0.717) is 32.0 Å². The summed E-state index contributed by atoms with van der Waals surface area (Å²) in [5.41, 5.74) is -0.741. The van der Waals surface area contributed by atoms with Crippen molar-refractivity contribution in [1.82, 2.24) is 9.88 Å². The van der Waals surface area contributed by atoms with Crippen LogP contribution in [0, 0.1) is 0 Å². The number of para-hydroxylation sites is 1. The lowest BCUT2D eigenvalue weighted by Crippen LogP contribution is -2.38. The molecule has 1 unspecified atom stereocenters. The minimum Gasteiger partial charge on any atom is -0.491 e. The number of halogens is 3. The topological polar surface area (TPSA) is 48.8 Å². The summed E-state index contributed by atoms with van der Waals surface area (Å²) in [4.78, 5) is 8.10. The molecular weight excluding hydrogens is 371 g/mol. The lowest BCUT2D eigenvalue weighted by molar-refractivity contribution is -0.137. The Balaban J connectivity index is 1.48. The van der Waals surface area contributed by atoms with Gasteiger partial charge < -0.3 is 14.7 Å². The van der Waals surface area contributed by atoms with Crippen LogP contribution in [0.2, 0.25) is 0 Å². The Kier molecular flexibility index (Phi) is 6.74. The summed E-state index contributed by atoms with van der Waals surface area (Å²) in [6, 6.07) is 11.8. The van der Waals surface area contributed by atoms with Crippen molar-refractivity contribution in [3.05, 3.63) is 54.2 Å². The zero-order valence-corrected chi connectivity index (χ0v) is 15.5. The number of aliphatic hydroxyl groups excluding tert-OH is 1. The number of pyridine rings is 1. The van der Waals surface area contributed by atoms with Crippen molar-refractivity contribution < 1.29 is 23.0 Å². The fraction of sp³-hybridized carbons (Fsp3) is 0.450. The van der Waals surface area contributed by atoms with Crippen molar-refractivity contribution >= 4 is 5.82 Å². The second kappa shape index (κ2) is 9.25. The monoisotopic (exact) mass is 395 g/mol. The Morgan fingerprint density at radius 3 is 2.50 bits per heavy atom. The van der Waals surface area contributed by atoms with E-state index in [4.69, 9.17) is 4.74 Å². The molecule has 1 saturated heterocycles. The van der Waals surface area contributed by atoms with Gasteiger partial charge in [-0.15, -0.1) is 0 Å². The van der Waals surface area contributed by atoms with Crippen LogP contribution in [0.25, 0.3) is 0 Å². The van der Waals surface area contributed by atoms with E-state index in [-0.39, 0.29) is 6.61 Å². The summed E-state index contributed by atoms with van der Waals surface area (Å²) in [7, 11) is 0. The van der Waals surface area contributed by atoms with Crippen LogP contribution in [-0.4, -0.2) is 60.4 Å². The van der Waals surface area contributed by atoms with Crippen molar-refractivity contribution in [3.63, 3.8) is 0 Å². The molecule has 0 spiro atoms. The molecule has 1 aliphatic rings. The van der Waals surface area contributed by atoms with Gasteiger partial charge in [0.25, 0.3) is 0 Å².